The maximum atomic E-state index is 13.7. The number of rotatable bonds is 3. The lowest BCUT2D eigenvalue weighted by Crippen LogP contribution is -2.23. The Morgan fingerprint density at radius 2 is 2.17 bits per heavy atom. The number of Topliss-reactive ketones (excluding diaryl/α,β-unsaturated/α-hetero) is 1. The lowest BCUT2D eigenvalue weighted by molar-refractivity contribution is 0.0127. The van der Waals surface area contributed by atoms with Crippen molar-refractivity contribution in [3.63, 3.8) is 0 Å². The summed E-state index contributed by atoms with van der Waals surface area (Å²) in [5.41, 5.74) is -0.474. The van der Waals surface area contributed by atoms with E-state index in [9.17, 15) is 13.6 Å². The highest BCUT2D eigenvalue weighted by molar-refractivity contribution is 9.10. The third-order valence-corrected chi connectivity index (χ3v) is 3.62. The van der Waals surface area contributed by atoms with E-state index in [4.69, 9.17) is 4.74 Å². The van der Waals surface area contributed by atoms with Crippen LogP contribution in [-0.2, 0) is 4.74 Å². The number of hydrogen-bond acceptors (Lipinski definition) is 2. The van der Waals surface area contributed by atoms with Gasteiger partial charge < -0.3 is 4.74 Å². The van der Waals surface area contributed by atoms with Crippen LogP contribution >= 0.6 is 15.9 Å². The van der Waals surface area contributed by atoms with Crippen molar-refractivity contribution in [1.82, 2.24) is 0 Å². The number of benzene rings is 1. The number of hydrogen-bond donors (Lipinski definition) is 0. The van der Waals surface area contributed by atoms with E-state index < -0.39 is 23.0 Å². The molecule has 1 heterocycles. The third kappa shape index (κ3) is 2.95. The van der Waals surface area contributed by atoms with Gasteiger partial charge in [-0.15, -0.1) is 0 Å². The normalized spacial score (nSPS) is 19.8. The molecule has 0 bridgehead atoms. The van der Waals surface area contributed by atoms with E-state index in [0.717, 1.165) is 25.3 Å². The van der Waals surface area contributed by atoms with Gasteiger partial charge in [0.2, 0.25) is 0 Å². The molecular weight excluding hydrogens is 306 g/mol. The second-order valence-electron chi connectivity index (χ2n) is 4.33. The van der Waals surface area contributed by atoms with Gasteiger partial charge in [0, 0.05) is 13.0 Å². The van der Waals surface area contributed by atoms with Gasteiger partial charge in [-0.2, -0.15) is 0 Å². The van der Waals surface area contributed by atoms with Crippen molar-refractivity contribution in [3.8, 4) is 0 Å². The van der Waals surface area contributed by atoms with E-state index in [-0.39, 0.29) is 17.0 Å². The second kappa shape index (κ2) is 5.89. The van der Waals surface area contributed by atoms with Crippen LogP contribution in [0.3, 0.4) is 0 Å². The molecule has 0 saturated carbocycles. The molecule has 1 aliphatic heterocycles. The van der Waals surface area contributed by atoms with Crippen molar-refractivity contribution in [1.29, 1.82) is 0 Å². The Labute approximate surface area is 112 Å². The Bertz CT molecular complexity index is 457. The summed E-state index contributed by atoms with van der Waals surface area (Å²) < 4.78 is 32.7. The maximum Gasteiger partial charge on any atom is 0.171 e. The van der Waals surface area contributed by atoms with Gasteiger partial charge >= 0.3 is 0 Å². The molecule has 2 nitrogen and oxygen atoms in total. The first-order valence-electron chi connectivity index (χ1n) is 5.88. The molecule has 0 radical (unpaired) electrons. The Balaban J connectivity index is 2.15. The van der Waals surface area contributed by atoms with Crippen LogP contribution < -0.4 is 0 Å². The average Bonchev–Trinajstić information content (AvgIpc) is 2.36. The molecule has 1 aromatic rings. The van der Waals surface area contributed by atoms with Crippen LogP contribution in [-0.4, -0.2) is 18.5 Å². The summed E-state index contributed by atoms with van der Waals surface area (Å²) in [6, 6.07) is 2.33. The lowest BCUT2D eigenvalue weighted by atomic mass is 9.99. The van der Waals surface area contributed by atoms with Gasteiger partial charge in [0.05, 0.1) is 16.1 Å². The zero-order valence-corrected chi connectivity index (χ0v) is 11.3. The van der Waals surface area contributed by atoms with E-state index in [1.807, 2.05) is 0 Å². The van der Waals surface area contributed by atoms with E-state index in [0.29, 0.717) is 6.61 Å². The van der Waals surface area contributed by atoms with Gasteiger partial charge in [0.25, 0.3) is 0 Å². The molecule has 18 heavy (non-hydrogen) atoms. The fourth-order valence-corrected chi connectivity index (χ4v) is 2.39. The molecule has 0 aliphatic carbocycles. The van der Waals surface area contributed by atoms with Crippen LogP contribution in [0.25, 0.3) is 0 Å². The van der Waals surface area contributed by atoms with Crippen LogP contribution in [0, 0.1) is 11.6 Å². The number of carbonyl (C=O) groups is 1. The first-order valence-corrected chi connectivity index (χ1v) is 6.67. The number of carbonyl (C=O) groups excluding carboxylic acids is 1. The minimum Gasteiger partial charge on any atom is -0.378 e. The van der Waals surface area contributed by atoms with Crippen LogP contribution in [0.2, 0.25) is 0 Å². The predicted molar refractivity (Wildman–Crippen MR) is 66.6 cm³/mol. The summed E-state index contributed by atoms with van der Waals surface area (Å²) in [5.74, 6) is -2.20. The Morgan fingerprint density at radius 3 is 2.83 bits per heavy atom. The smallest absolute Gasteiger partial charge is 0.171 e. The molecule has 0 aromatic heterocycles. The number of ketones is 1. The molecule has 0 spiro atoms. The van der Waals surface area contributed by atoms with Gasteiger partial charge in [-0.1, -0.05) is 0 Å². The first-order chi connectivity index (χ1) is 8.59. The van der Waals surface area contributed by atoms with Crippen LogP contribution in [0.5, 0.6) is 0 Å². The molecule has 0 N–H and O–H groups in total. The quantitative estimate of drug-likeness (QED) is 0.624. The Morgan fingerprint density at radius 1 is 1.39 bits per heavy atom. The van der Waals surface area contributed by atoms with Crippen molar-refractivity contribution in [2.45, 2.75) is 31.8 Å². The highest BCUT2D eigenvalue weighted by Crippen LogP contribution is 2.25. The van der Waals surface area contributed by atoms with Crippen LogP contribution in [0.4, 0.5) is 8.78 Å². The minimum atomic E-state index is -0.837. The molecule has 0 amide bonds. The molecule has 2 rings (SSSR count). The monoisotopic (exact) mass is 318 g/mol. The van der Waals surface area contributed by atoms with Crippen molar-refractivity contribution in [2.75, 3.05) is 6.61 Å². The van der Waals surface area contributed by atoms with Crippen molar-refractivity contribution >= 4 is 21.7 Å². The topological polar surface area (TPSA) is 26.3 Å². The lowest BCUT2D eigenvalue weighted by Gasteiger charge is -2.22. The largest absolute Gasteiger partial charge is 0.378 e. The van der Waals surface area contributed by atoms with Gasteiger partial charge in [-0.25, -0.2) is 8.78 Å². The zero-order valence-electron chi connectivity index (χ0n) is 9.72. The van der Waals surface area contributed by atoms with Crippen molar-refractivity contribution in [2.24, 2.45) is 0 Å². The van der Waals surface area contributed by atoms with E-state index in [1.54, 1.807) is 0 Å². The molecule has 1 aromatic carbocycles. The van der Waals surface area contributed by atoms with E-state index >= 15 is 0 Å². The molecule has 1 unspecified atom stereocenters. The van der Waals surface area contributed by atoms with Crippen molar-refractivity contribution in [3.05, 3.63) is 33.8 Å². The highest BCUT2D eigenvalue weighted by atomic mass is 79.9. The molecule has 1 fully saturated rings. The first kappa shape index (κ1) is 13.6. The summed E-state index contributed by atoms with van der Waals surface area (Å²) in [6.45, 7) is 0.612. The molecule has 1 saturated heterocycles. The van der Waals surface area contributed by atoms with Gasteiger partial charge in [-0.05, 0) is 47.3 Å². The number of halogens is 3. The fourth-order valence-electron chi connectivity index (χ4n) is 2.06. The summed E-state index contributed by atoms with van der Waals surface area (Å²) in [4.78, 5) is 11.9. The maximum absolute atomic E-state index is 13.7. The standard InChI is InChI=1S/C13H13BrF2O2/c14-9-4-5-10(15)12(13(9)16)11(17)7-8-3-1-2-6-18-8/h4-5,8H,1-3,6-7H2. The van der Waals surface area contributed by atoms with Gasteiger partial charge in [0.15, 0.2) is 11.6 Å². The summed E-state index contributed by atoms with van der Waals surface area (Å²) in [5, 5.41) is 0. The van der Waals surface area contributed by atoms with E-state index in [1.165, 1.54) is 6.07 Å². The van der Waals surface area contributed by atoms with Crippen LogP contribution in [0.1, 0.15) is 36.0 Å². The third-order valence-electron chi connectivity index (χ3n) is 3.01. The molecule has 98 valence electrons. The van der Waals surface area contributed by atoms with E-state index in [2.05, 4.69) is 15.9 Å². The van der Waals surface area contributed by atoms with Gasteiger partial charge in [0.1, 0.15) is 5.82 Å². The molecule has 5 heteroatoms. The van der Waals surface area contributed by atoms with Crippen molar-refractivity contribution < 1.29 is 18.3 Å². The fraction of sp³-hybridized carbons (Fsp3) is 0.462. The molecule has 1 atom stereocenters. The predicted octanol–water partition coefficient (Wildman–Crippen LogP) is 3.87. The summed E-state index contributed by atoms with van der Waals surface area (Å²) >= 11 is 2.95. The Hall–Kier alpha value is -0.810. The SMILES string of the molecule is O=C(CC1CCCCO1)c1c(F)ccc(Br)c1F. The van der Waals surface area contributed by atoms with Gasteiger partial charge in [-0.3, -0.25) is 4.79 Å². The van der Waals surface area contributed by atoms with Crippen LogP contribution in [0.15, 0.2) is 16.6 Å². The average molecular weight is 319 g/mol. The minimum absolute atomic E-state index is 0.0320. The zero-order chi connectivity index (χ0) is 13.1. The number of ether oxygens (including phenoxy) is 1. The second-order valence-corrected chi connectivity index (χ2v) is 5.19. The Kier molecular flexibility index (Phi) is 4.45. The summed E-state index contributed by atoms with van der Waals surface area (Å²) in [7, 11) is 0. The molecule has 1 aliphatic rings. The molecular formula is C13H13BrF2O2. The summed E-state index contributed by atoms with van der Waals surface area (Å²) in [6.07, 6.45) is 2.54. The highest BCUT2D eigenvalue weighted by Gasteiger charge is 2.24.